The van der Waals surface area contributed by atoms with Gasteiger partial charge in [-0.2, -0.15) is 0 Å². The molecule has 20 heavy (non-hydrogen) atoms. The topological polar surface area (TPSA) is 39.2 Å². The Kier molecular flexibility index (Phi) is 6.03. The fourth-order valence-electron chi connectivity index (χ4n) is 2.16. The first-order valence-corrected chi connectivity index (χ1v) is 7.32. The molecule has 0 aliphatic rings. The molecule has 0 spiro atoms. The normalized spacial score (nSPS) is 10.6. The first-order chi connectivity index (χ1) is 9.90. The Morgan fingerprint density at radius 1 is 0.950 bits per heavy atom. The van der Waals surface area contributed by atoms with E-state index in [1.807, 2.05) is 36.4 Å². The maximum absolute atomic E-state index is 10.2. The number of benzene rings is 1. The molecule has 0 saturated heterocycles. The largest absolute Gasteiger partial charge is 0.478 e. The monoisotopic (exact) mass is 271 g/mol. The minimum atomic E-state index is 0.692. The zero-order chi connectivity index (χ0) is 14.0. The van der Waals surface area contributed by atoms with Crippen LogP contribution in [0.4, 0.5) is 0 Å². The molecule has 2 aromatic rings. The maximum atomic E-state index is 10.2. The van der Waals surface area contributed by atoms with Crippen LogP contribution in [0, 0.1) is 0 Å². The summed E-state index contributed by atoms with van der Waals surface area (Å²) >= 11 is 0. The molecule has 3 heteroatoms. The van der Waals surface area contributed by atoms with Crippen molar-refractivity contribution in [3.05, 3.63) is 36.4 Å². The summed E-state index contributed by atoms with van der Waals surface area (Å²) in [7, 11) is 0. The van der Waals surface area contributed by atoms with Gasteiger partial charge in [0, 0.05) is 17.9 Å². The SMILES string of the molecule is O=CCCCCCCCOc1ccc2ccccc2n1. The van der Waals surface area contributed by atoms with Crippen molar-refractivity contribution in [1.29, 1.82) is 0 Å². The van der Waals surface area contributed by atoms with E-state index >= 15 is 0 Å². The highest BCUT2D eigenvalue weighted by molar-refractivity contribution is 5.78. The number of hydrogen-bond acceptors (Lipinski definition) is 3. The molecular formula is C17H21NO2. The highest BCUT2D eigenvalue weighted by Gasteiger charge is 1.98. The van der Waals surface area contributed by atoms with Crippen molar-refractivity contribution in [3.8, 4) is 5.88 Å². The predicted molar refractivity (Wildman–Crippen MR) is 81.0 cm³/mol. The lowest BCUT2D eigenvalue weighted by Crippen LogP contribution is -1.99. The molecule has 1 aromatic heterocycles. The van der Waals surface area contributed by atoms with E-state index in [-0.39, 0.29) is 0 Å². The number of hydrogen-bond donors (Lipinski definition) is 0. The van der Waals surface area contributed by atoms with E-state index in [0.717, 1.165) is 42.9 Å². The van der Waals surface area contributed by atoms with Gasteiger partial charge in [0.25, 0.3) is 0 Å². The van der Waals surface area contributed by atoms with E-state index in [9.17, 15) is 4.79 Å². The van der Waals surface area contributed by atoms with Gasteiger partial charge in [0.1, 0.15) is 6.29 Å². The van der Waals surface area contributed by atoms with Gasteiger partial charge in [-0.05, 0) is 25.0 Å². The Balaban J connectivity index is 1.66. The van der Waals surface area contributed by atoms with Gasteiger partial charge in [-0.15, -0.1) is 0 Å². The van der Waals surface area contributed by atoms with Crippen molar-refractivity contribution < 1.29 is 9.53 Å². The Labute approximate surface area is 120 Å². The Morgan fingerprint density at radius 3 is 2.65 bits per heavy atom. The van der Waals surface area contributed by atoms with E-state index in [0.29, 0.717) is 18.9 Å². The maximum Gasteiger partial charge on any atom is 0.213 e. The molecule has 1 aromatic carbocycles. The van der Waals surface area contributed by atoms with Gasteiger partial charge in [-0.3, -0.25) is 0 Å². The second-order valence-electron chi connectivity index (χ2n) is 4.91. The molecule has 0 atom stereocenters. The molecule has 0 aliphatic carbocycles. The summed E-state index contributed by atoms with van der Waals surface area (Å²) in [6, 6.07) is 12.0. The highest BCUT2D eigenvalue weighted by atomic mass is 16.5. The third-order valence-corrected chi connectivity index (χ3v) is 3.29. The van der Waals surface area contributed by atoms with Crippen LogP contribution in [0.25, 0.3) is 10.9 Å². The number of fused-ring (bicyclic) bond motifs is 1. The second-order valence-corrected chi connectivity index (χ2v) is 4.91. The summed E-state index contributed by atoms with van der Waals surface area (Å²) in [5, 5.41) is 1.13. The summed E-state index contributed by atoms with van der Waals surface area (Å²) in [4.78, 5) is 14.6. The van der Waals surface area contributed by atoms with Crippen LogP contribution in [0.5, 0.6) is 5.88 Å². The third kappa shape index (κ3) is 4.65. The summed E-state index contributed by atoms with van der Waals surface area (Å²) in [6.07, 6.45) is 7.18. The first-order valence-electron chi connectivity index (χ1n) is 7.32. The molecule has 0 N–H and O–H groups in total. The Bertz CT molecular complexity index is 539. The molecular weight excluding hydrogens is 250 g/mol. The lowest BCUT2D eigenvalue weighted by Gasteiger charge is -2.06. The third-order valence-electron chi connectivity index (χ3n) is 3.29. The number of nitrogens with zero attached hydrogens (tertiary/aromatic N) is 1. The molecule has 0 unspecified atom stereocenters. The summed E-state index contributed by atoms with van der Waals surface area (Å²) < 4.78 is 5.67. The summed E-state index contributed by atoms with van der Waals surface area (Å²) in [5.41, 5.74) is 0.971. The van der Waals surface area contributed by atoms with Gasteiger partial charge in [0.15, 0.2) is 0 Å². The van der Waals surface area contributed by atoms with Crippen molar-refractivity contribution in [2.24, 2.45) is 0 Å². The van der Waals surface area contributed by atoms with Gasteiger partial charge >= 0.3 is 0 Å². The van der Waals surface area contributed by atoms with Crippen LogP contribution in [0.15, 0.2) is 36.4 Å². The number of unbranched alkanes of at least 4 members (excludes halogenated alkanes) is 5. The van der Waals surface area contributed by atoms with Crippen molar-refractivity contribution >= 4 is 17.2 Å². The van der Waals surface area contributed by atoms with Crippen LogP contribution in [0.2, 0.25) is 0 Å². The van der Waals surface area contributed by atoms with E-state index in [4.69, 9.17) is 4.74 Å². The molecule has 0 amide bonds. The van der Waals surface area contributed by atoms with Gasteiger partial charge in [-0.1, -0.05) is 37.5 Å². The fraction of sp³-hybridized carbons (Fsp3) is 0.412. The van der Waals surface area contributed by atoms with Crippen molar-refractivity contribution in [2.75, 3.05) is 6.61 Å². The van der Waals surface area contributed by atoms with Crippen molar-refractivity contribution in [1.82, 2.24) is 4.98 Å². The highest BCUT2D eigenvalue weighted by Crippen LogP contribution is 2.16. The number of ether oxygens (including phenoxy) is 1. The number of aldehydes is 1. The Hall–Kier alpha value is -1.90. The number of rotatable bonds is 9. The van der Waals surface area contributed by atoms with Gasteiger partial charge in [-0.25, -0.2) is 4.98 Å². The van der Waals surface area contributed by atoms with Gasteiger partial charge in [0.05, 0.1) is 12.1 Å². The van der Waals surface area contributed by atoms with Crippen molar-refractivity contribution in [2.45, 2.75) is 38.5 Å². The summed E-state index contributed by atoms with van der Waals surface area (Å²) in [5.74, 6) is 0.699. The average Bonchev–Trinajstić information content (AvgIpc) is 2.50. The van der Waals surface area contributed by atoms with Crippen molar-refractivity contribution in [3.63, 3.8) is 0 Å². The van der Waals surface area contributed by atoms with E-state index in [1.165, 1.54) is 6.42 Å². The zero-order valence-electron chi connectivity index (χ0n) is 11.8. The number of aromatic nitrogens is 1. The smallest absolute Gasteiger partial charge is 0.213 e. The quantitative estimate of drug-likeness (QED) is 0.508. The minimum Gasteiger partial charge on any atom is -0.478 e. The molecule has 3 nitrogen and oxygen atoms in total. The van der Waals surface area contributed by atoms with Crippen LogP contribution < -0.4 is 4.74 Å². The molecule has 0 bridgehead atoms. The standard InChI is InChI=1S/C17H21NO2/c19-13-7-3-1-2-4-8-14-20-17-12-11-15-9-5-6-10-16(15)18-17/h5-6,9-13H,1-4,7-8,14H2. The molecule has 0 radical (unpaired) electrons. The van der Waals surface area contributed by atoms with E-state index in [2.05, 4.69) is 4.98 Å². The van der Waals surface area contributed by atoms with Gasteiger partial charge < -0.3 is 9.53 Å². The minimum absolute atomic E-state index is 0.692. The average molecular weight is 271 g/mol. The lowest BCUT2D eigenvalue weighted by atomic mass is 10.1. The second kappa shape index (κ2) is 8.31. The lowest BCUT2D eigenvalue weighted by molar-refractivity contribution is -0.107. The molecule has 2 rings (SSSR count). The van der Waals surface area contributed by atoms with Crippen LogP contribution in [-0.4, -0.2) is 17.9 Å². The molecule has 106 valence electrons. The van der Waals surface area contributed by atoms with E-state index < -0.39 is 0 Å². The molecule has 1 heterocycles. The molecule has 0 saturated carbocycles. The van der Waals surface area contributed by atoms with E-state index in [1.54, 1.807) is 0 Å². The Morgan fingerprint density at radius 2 is 1.75 bits per heavy atom. The van der Waals surface area contributed by atoms with Crippen LogP contribution >= 0.6 is 0 Å². The number of pyridine rings is 1. The molecule has 0 aliphatic heterocycles. The summed E-state index contributed by atoms with van der Waals surface area (Å²) in [6.45, 7) is 0.707. The van der Waals surface area contributed by atoms with Crippen LogP contribution in [0.1, 0.15) is 38.5 Å². The van der Waals surface area contributed by atoms with Crippen LogP contribution in [0.3, 0.4) is 0 Å². The number of carbonyl (C=O) groups is 1. The number of carbonyl (C=O) groups excluding carboxylic acids is 1. The van der Waals surface area contributed by atoms with Crippen LogP contribution in [-0.2, 0) is 4.79 Å². The fourth-order valence-corrected chi connectivity index (χ4v) is 2.16. The molecule has 0 fully saturated rings. The first kappa shape index (κ1) is 14.5. The van der Waals surface area contributed by atoms with Gasteiger partial charge in [0.2, 0.25) is 5.88 Å². The zero-order valence-corrected chi connectivity index (χ0v) is 11.8. The predicted octanol–water partition coefficient (Wildman–Crippen LogP) is 4.15. The number of para-hydroxylation sites is 1.